The van der Waals surface area contributed by atoms with Crippen molar-refractivity contribution in [1.29, 1.82) is 0 Å². The standard InChI is InChI=1S/C27H26O17/c28-13-9-3-1-2-4-10(9)40-21(16(13)31)8-5-6-11(41-26-19(34)14(29)17(32)22(43-26)24(36)37)12(7-8)42-27-20(35)15(30)18(33)23(44-27)25(38)39/h1-7,14-15,17-20,22-23,26-27,29-35H,(H,36,37)(H,38,39)/t14-,15-,17-,18-,19+,20+,22-,23-,26+,27+/m1/s1. The minimum absolute atomic E-state index is 0.0580. The van der Waals surface area contributed by atoms with Gasteiger partial charge in [-0.15, -0.1) is 0 Å². The predicted molar refractivity (Wildman–Crippen MR) is 139 cm³/mol. The largest absolute Gasteiger partial charge is 0.502 e. The third kappa shape index (κ3) is 5.53. The first-order chi connectivity index (χ1) is 20.8. The van der Waals surface area contributed by atoms with Crippen molar-refractivity contribution in [2.45, 2.75) is 61.4 Å². The third-order valence-corrected chi connectivity index (χ3v) is 7.09. The van der Waals surface area contributed by atoms with E-state index in [4.69, 9.17) is 23.4 Å². The van der Waals surface area contributed by atoms with Gasteiger partial charge in [-0.3, -0.25) is 4.79 Å². The Morgan fingerprint density at radius 2 is 1.20 bits per heavy atom. The van der Waals surface area contributed by atoms with Gasteiger partial charge in [-0.2, -0.15) is 0 Å². The smallest absolute Gasteiger partial charge is 0.335 e. The van der Waals surface area contributed by atoms with Crippen LogP contribution in [0.25, 0.3) is 22.3 Å². The van der Waals surface area contributed by atoms with Gasteiger partial charge in [0.2, 0.25) is 23.8 Å². The zero-order valence-corrected chi connectivity index (χ0v) is 22.1. The summed E-state index contributed by atoms with van der Waals surface area (Å²) in [7, 11) is 0. The minimum Gasteiger partial charge on any atom is -0.502 e. The Bertz CT molecular complexity index is 1620. The Morgan fingerprint density at radius 1 is 0.682 bits per heavy atom. The van der Waals surface area contributed by atoms with Crippen LogP contribution >= 0.6 is 0 Å². The van der Waals surface area contributed by atoms with Gasteiger partial charge in [-0.25, -0.2) is 9.59 Å². The number of hydrogen-bond donors (Lipinski definition) is 9. The number of aliphatic hydroxyl groups is 6. The van der Waals surface area contributed by atoms with Crippen LogP contribution in [0.1, 0.15) is 0 Å². The number of carboxylic acids is 2. The highest BCUT2D eigenvalue weighted by molar-refractivity contribution is 5.82. The van der Waals surface area contributed by atoms with Crippen molar-refractivity contribution in [2.24, 2.45) is 0 Å². The normalized spacial score (nSPS) is 32.2. The van der Waals surface area contributed by atoms with Gasteiger partial charge in [0.25, 0.3) is 0 Å². The first kappa shape index (κ1) is 31.1. The maximum absolute atomic E-state index is 12.8. The first-order valence-corrected chi connectivity index (χ1v) is 12.9. The summed E-state index contributed by atoms with van der Waals surface area (Å²) in [6.07, 6.45) is -20.3. The summed E-state index contributed by atoms with van der Waals surface area (Å²) in [5.41, 5.74) is -0.757. The van der Waals surface area contributed by atoms with E-state index in [1.165, 1.54) is 18.2 Å². The van der Waals surface area contributed by atoms with Crippen LogP contribution in [0.3, 0.4) is 0 Å². The maximum atomic E-state index is 12.8. The van der Waals surface area contributed by atoms with E-state index >= 15 is 0 Å². The summed E-state index contributed by atoms with van der Waals surface area (Å²) in [5.74, 6) is -5.52. The van der Waals surface area contributed by atoms with Gasteiger partial charge < -0.3 is 69.3 Å². The van der Waals surface area contributed by atoms with E-state index in [1.807, 2.05) is 0 Å². The molecule has 0 radical (unpaired) electrons. The Kier molecular flexibility index (Phi) is 8.47. The molecule has 9 N–H and O–H groups in total. The van der Waals surface area contributed by atoms with Gasteiger partial charge in [0, 0.05) is 5.56 Å². The summed E-state index contributed by atoms with van der Waals surface area (Å²) in [4.78, 5) is 35.9. The highest BCUT2D eigenvalue weighted by Crippen LogP contribution is 2.39. The maximum Gasteiger partial charge on any atom is 0.335 e. The monoisotopic (exact) mass is 622 g/mol. The summed E-state index contributed by atoms with van der Waals surface area (Å²) < 4.78 is 27.2. The molecule has 0 saturated carbocycles. The molecule has 0 unspecified atom stereocenters. The third-order valence-electron chi connectivity index (χ3n) is 7.09. The van der Waals surface area contributed by atoms with E-state index in [-0.39, 0.29) is 22.3 Å². The van der Waals surface area contributed by atoms with Crippen LogP contribution in [0.4, 0.5) is 0 Å². The number of hydrogen-bond acceptors (Lipinski definition) is 15. The molecule has 2 saturated heterocycles. The SMILES string of the molecule is O=C(O)[C@@H]1O[C@H](Oc2ccc(-c3oc4ccccc4c(=O)c3O)cc2O[C@H]2O[C@@H](C(=O)O)[C@H](O)[C@@H](O)[C@@H]2O)[C@@H](O)[C@H](O)[C@H]1O. The van der Waals surface area contributed by atoms with E-state index in [2.05, 4.69) is 0 Å². The molecule has 17 nitrogen and oxygen atoms in total. The number of carbonyl (C=O) groups is 2. The van der Waals surface area contributed by atoms with E-state index in [0.717, 1.165) is 12.1 Å². The van der Waals surface area contributed by atoms with Crippen LogP contribution < -0.4 is 14.9 Å². The molecule has 2 aromatic carbocycles. The zero-order chi connectivity index (χ0) is 32.0. The molecule has 2 aliphatic rings. The fourth-order valence-electron chi connectivity index (χ4n) is 4.72. The molecule has 0 aliphatic carbocycles. The molecule has 0 amide bonds. The van der Waals surface area contributed by atoms with E-state index in [9.17, 15) is 60.3 Å². The number of benzene rings is 2. The Morgan fingerprint density at radius 3 is 1.75 bits per heavy atom. The fourth-order valence-corrected chi connectivity index (χ4v) is 4.72. The Hall–Kier alpha value is -4.33. The van der Waals surface area contributed by atoms with Crippen molar-refractivity contribution in [3.8, 4) is 28.6 Å². The van der Waals surface area contributed by atoms with Crippen molar-refractivity contribution >= 4 is 22.9 Å². The molecule has 1 aromatic heterocycles. The molecule has 10 atom stereocenters. The van der Waals surface area contributed by atoms with E-state index in [1.54, 1.807) is 12.1 Å². The molecule has 44 heavy (non-hydrogen) atoms. The summed E-state index contributed by atoms with van der Waals surface area (Å²) in [6, 6.07) is 9.37. The second kappa shape index (κ2) is 12.0. The number of fused-ring (bicyclic) bond motifs is 1. The van der Waals surface area contributed by atoms with Crippen molar-refractivity contribution in [3.05, 3.63) is 52.7 Å². The average molecular weight is 622 g/mol. The number of aliphatic carboxylic acids is 2. The van der Waals surface area contributed by atoms with E-state index in [0.29, 0.717) is 0 Å². The van der Waals surface area contributed by atoms with Crippen LogP contribution in [0.15, 0.2) is 51.7 Å². The van der Waals surface area contributed by atoms with Gasteiger partial charge in [0.15, 0.2) is 29.5 Å². The van der Waals surface area contributed by atoms with Crippen molar-refractivity contribution in [1.82, 2.24) is 0 Å². The van der Waals surface area contributed by atoms with Gasteiger partial charge in [0.05, 0.1) is 5.39 Å². The molecule has 3 aromatic rings. The van der Waals surface area contributed by atoms with Gasteiger partial charge in [-0.05, 0) is 30.3 Å². The van der Waals surface area contributed by atoms with Gasteiger partial charge >= 0.3 is 11.9 Å². The van der Waals surface area contributed by atoms with Gasteiger partial charge in [0.1, 0.15) is 42.2 Å². The van der Waals surface area contributed by atoms with Crippen LogP contribution in [0, 0.1) is 0 Å². The predicted octanol–water partition coefficient (Wildman–Crippen LogP) is -2.29. The summed E-state index contributed by atoms with van der Waals surface area (Å²) in [5, 5.41) is 90.7. The number of aliphatic hydroxyl groups excluding tert-OH is 6. The molecule has 2 fully saturated rings. The second-order valence-corrected chi connectivity index (χ2v) is 9.97. The quantitative estimate of drug-likeness (QED) is 0.134. The van der Waals surface area contributed by atoms with Crippen molar-refractivity contribution < 1.29 is 78.9 Å². The lowest BCUT2D eigenvalue weighted by atomic mass is 9.99. The lowest BCUT2D eigenvalue weighted by Gasteiger charge is -2.39. The zero-order valence-electron chi connectivity index (χ0n) is 22.1. The molecule has 2 aliphatic heterocycles. The summed E-state index contributed by atoms with van der Waals surface area (Å²) in [6.45, 7) is 0. The van der Waals surface area contributed by atoms with Crippen LogP contribution in [0.5, 0.6) is 17.2 Å². The number of carboxylic acid groups (broad SMARTS) is 2. The first-order valence-electron chi connectivity index (χ1n) is 12.9. The molecular formula is C27H26O17. The highest BCUT2D eigenvalue weighted by Gasteiger charge is 2.50. The lowest BCUT2D eigenvalue weighted by molar-refractivity contribution is -0.276. The number of para-hydroxylation sites is 1. The highest BCUT2D eigenvalue weighted by atomic mass is 16.7. The Labute approximate surface area is 244 Å². The van der Waals surface area contributed by atoms with Gasteiger partial charge in [-0.1, -0.05) is 12.1 Å². The molecule has 17 heteroatoms. The Balaban J connectivity index is 1.57. The fraction of sp³-hybridized carbons (Fsp3) is 0.370. The average Bonchev–Trinajstić information content (AvgIpc) is 2.99. The number of rotatable bonds is 7. The number of aromatic hydroxyl groups is 1. The van der Waals surface area contributed by atoms with Crippen LogP contribution in [-0.4, -0.2) is 119 Å². The molecule has 3 heterocycles. The van der Waals surface area contributed by atoms with Crippen LogP contribution in [-0.2, 0) is 19.1 Å². The van der Waals surface area contributed by atoms with Crippen molar-refractivity contribution in [2.75, 3.05) is 0 Å². The molecule has 0 spiro atoms. The topological polar surface area (TPSA) is 283 Å². The van der Waals surface area contributed by atoms with Crippen LogP contribution in [0.2, 0.25) is 0 Å². The second-order valence-electron chi connectivity index (χ2n) is 9.97. The number of ether oxygens (including phenoxy) is 4. The molecular weight excluding hydrogens is 596 g/mol. The van der Waals surface area contributed by atoms with E-state index < -0.39 is 96.0 Å². The van der Waals surface area contributed by atoms with Crippen molar-refractivity contribution in [3.63, 3.8) is 0 Å². The minimum atomic E-state index is -2.07. The lowest BCUT2D eigenvalue weighted by Crippen LogP contribution is -2.61. The molecule has 236 valence electrons. The summed E-state index contributed by atoms with van der Waals surface area (Å²) >= 11 is 0. The molecule has 0 bridgehead atoms. The molecule has 5 rings (SSSR count).